The second kappa shape index (κ2) is 5.35. The third-order valence-corrected chi connectivity index (χ3v) is 2.68. The number of methoxy groups -OCH3 is 1. The standard InChI is InChI=1S/C13H15N3O2/c1-9-12(16-8-15-9)7-14-11-5-3-4-10(6-11)13(17)18-2/h3-6,8,14H,7H2,1-2H3,(H,15,16). The molecule has 1 aromatic carbocycles. The highest BCUT2D eigenvalue weighted by molar-refractivity contribution is 5.90. The Morgan fingerprint density at radius 3 is 3.00 bits per heavy atom. The molecule has 5 nitrogen and oxygen atoms in total. The lowest BCUT2D eigenvalue weighted by Gasteiger charge is -2.06. The molecule has 2 N–H and O–H groups in total. The zero-order valence-corrected chi connectivity index (χ0v) is 10.4. The predicted molar refractivity (Wildman–Crippen MR) is 68.4 cm³/mol. The lowest BCUT2D eigenvalue weighted by molar-refractivity contribution is 0.0601. The Morgan fingerprint density at radius 2 is 2.33 bits per heavy atom. The Morgan fingerprint density at radius 1 is 1.50 bits per heavy atom. The Bertz CT molecular complexity index is 549. The average Bonchev–Trinajstić information content (AvgIpc) is 2.81. The van der Waals surface area contributed by atoms with E-state index in [0.717, 1.165) is 17.1 Å². The van der Waals surface area contributed by atoms with Gasteiger partial charge in [-0.3, -0.25) is 0 Å². The Hall–Kier alpha value is -2.30. The molecule has 0 aliphatic rings. The number of aromatic amines is 1. The van der Waals surface area contributed by atoms with Crippen LogP contribution in [0.1, 0.15) is 21.7 Å². The monoisotopic (exact) mass is 245 g/mol. The number of carbonyl (C=O) groups is 1. The van der Waals surface area contributed by atoms with E-state index in [9.17, 15) is 4.79 Å². The smallest absolute Gasteiger partial charge is 0.337 e. The molecule has 0 aliphatic heterocycles. The van der Waals surface area contributed by atoms with E-state index in [4.69, 9.17) is 0 Å². The van der Waals surface area contributed by atoms with Crippen molar-refractivity contribution in [2.45, 2.75) is 13.5 Å². The van der Waals surface area contributed by atoms with Gasteiger partial charge in [0.25, 0.3) is 0 Å². The first-order valence-corrected chi connectivity index (χ1v) is 5.62. The molecule has 18 heavy (non-hydrogen) atoms. The summed E-state index contributed by atoms with van der Waals surface area (Å²) in [5, 5.41) is 3.22. The largest absolute Gasteiger partial charge is 0.465 e. The number of nitrogens with zero attached hydrogens (tertiary/aromatic N) is 1. The average molecular weight is 245 g/mol. The van der Waals surface area contributed by atoms with E-state index >= 15 is 0 Å². The van der Waals surface area contributed by atoms with E-state index in [1.54, 1.807) is 18.5 Å². The summed E-state index contributed by atoms with van der Waals surface area (Å²) in [6.45, 7) is 2.58. The van der Waals surface area contributed by atoms with Gasteiger partial charge in [0.05, 0.1) is 31.2 Å². The van der Waals surface area contributed by atoms with Crippen molar-refractivity contribution in [3.8, 4) is 0 Å². The van der Waals surface area contributed by atoms with Crippen molar-refractivity contribution in [2.75, 3.05) is 12.4 Å². The number of carbonyl (C=O) groups excluding carboxylic acids is 1. The molecule has 0 saturated carbocycles. The summed E-state index contributed by atoms with van der Waals surface area (Å²) >= 11 is 0. The van der Waals surface area contributed by atoms with Gasteiger partial charge in [-0.15, -0.1) is 0 Å². The highest BCUT2D eigenvalue weighted by Gasteiger charge is 2.06. The minimum atomic E-state index is -0.338. The van der Waals surface area contributed by atoms with Crippen LogP contribution in [0, 0.1) is 6.92 Å². The molecule has 1 heterocycles. The number of anilines is 1. The van der Waals surface area contributed by atoms with Crippen molar-refractivity contribution in [3.63, 3.8) is 0 Å². The summed E-state index contributed by atoms with van der Waals surface area (Å²) in [6.07, 6.45) is 1.66. The van der Waals surface area contributed by atoms with Crippen molar-refractivity contribution in [3.05, 3.63) is 47.5 Å². The summed E-state index contributed by atoms with van der Waals surface area (Å²) in [5.74, 6) is -0.338. The van der Waals surface area contributed by atoms with Crippen LogP contribution in [-0.4, -0.2) is 23.0 Å². The molecule has 2 aromatic rings. The van der Waals surface area contributed by atoms with Gasteiger partial charge in [-0.25, -0.2) is 9.78 Å². The van der Waals surface area contributed by atoms with Crippen molar-refractivity contribution >= 4 is 11.7 Å². The van der Waals surface area contributed by atoms with Crippen molar-refractivity contribution < 1.29 is 9.53 Å². The Labute approximate surface area is 105 Å². The molecule has 0 radical (unpaired) electrons. The lowest BCUT2D eigenvalue weighted by Crippen LogP contribution is -2.04. The van der Waals surface area contributed by atoms with Gasteiger partial charge in [0.2, 0.25) is 0 Å². The van der Waals surface area contributed by atoms with Crippen molar-refractivity contribution in [1.29, 1.82) is 0 Å². The van der Waals surface area contributed by atoms with Crippen LogP contribution in [0.2, 0.25) is 0 Å². The second-order valence-corrected chi connectivity index (χ2v) is 3.90. The minimum Gasteiger partial charge on any atom is -0.465 e. The molecule has 5 heteroatoms. The van der Waals surface area contributed by atoms with Gasteiger partial charge in [0.15, 0.2) is 0 Å². The van der Waals surface area contributed by atoms with E-state index in [0.29, 0.717) is 12.1 Å². The molecule has 0 atom stereocenters. The number of benzene rings is 1. The fourth-order valence-electron chi connectivity index (χ4n) is 1.63. The summed E-state index contributed by atoms with van der Waals surface area (Å²) in [6, 6.07) is 7.19. The quantitative estimate of drug-likeness (QED) is 0.810. The molecule has 0 spiro atoms. The second-order valence-electron chi connectivity index (χ2n) is 3.90. The minimum absolute atomic E-state index is 0.338. The molecule has 1 aromatic heterocycles. The number of hydrogen-bond acceptors (Lipinski definition) is 4. The third-order valence-electron chi connectivity index (χ3n) is 2.68. The van der Waals surface area contributed by atoms with Gasteiger partial charge < -0.3 is 15.0 Å². The van der Waals surface area contributed by atoms with Crippen LogP contribution in [0.25, 0.3) is 0 Å². The Balaban J connectivity index is 2.06. The molecule has 0 unspecified atom stereocenters. The van der Waals surface area contributed by atoms with Crippen LogP contribution >= 0.6 is 0 Å². The van der Waals surface area contributed by atoms with Crippen LogP contribution in [0.15, 0.2) is 30.6 Å². The fourth-order valence-corrected chi connectivity index (χ4v) is 1.63. The van der Waals surface area contributed by atoms with Crippen LogP contribution in [0.3, 0.4) is 0 Å². The maximum atomic E-state index is 11.4. The van der Waals surface area contributed by atoms with Gasteiger partial charge >= 0.3 is 5.97 Å². The molecule has 0 fully saturated rings. The first-order valence-electron chi connectivity index (χ1n) is 5.62. The van der Waals surface area contributed by atoms with E-state index in [1.165, 1.54) is 7.11 Å². The van der Waals surface area contributed by atoms with Crippen LogP contribution in [0.5, 0.6) is 0 Å². The van der Waals surface area contributed by atoms with Gasteiger partial charge in [-0.1, -0.05) is 6.07 Å². The summed E-state index contributed by atoms with van der Waals surface area (Å²) in [4.78, 5) is 18.6. The SMILES string of the molecule is COC(=O)c1cccc(NCc2nc[nH]c2C)c1. The molecule has 0 aliphatic carbocycles. The summed E-state index contributed by atoms with van der Waals surface area (Å²) in [7, 11) is 1.37. The number of aromatic nitrogens is 2. The van der Waals surface area contributed by atoms with Gasteiger partial charge in [0.1, 0.15) is 0 Å². The van der Waals surface area contributed by atoms with Crippen LogP contribution < -0.4 is 5.32 Å². The molecule has 0 saturated heterocycles. The molecular weight excluding hydrogens is 230 g/mol. The summed E-state index contributed by atoms with van der Waals surface area (Å²) < 4.78 is 4.68. The van der Waals surface area contributed by atoms with Gasteiger partial charge in [0, 0.05) is 11.4 Å². The molecule has 0 amide bonds. The highest BCUT2D eigenvalue weighted by Crippen LogP contribution is 2.13. The van der Waals surface area contributed by atoms with Crippen molar-refractivity contribution in [2.24, 2.45) is 0 Å². The maximum Gasteiger partial charge on any atom is 0.337 e. The lowest BCUT2D eigenvalue weighted by atomic mass is 10.2. The number of H-pyrrole nitrogens is 1. The van der Waals surface area contributed by atoms with Crippen LogP contribution in [-0.2, 0) is 11.3 Å². The third kappa shape index (κ3) is 2.68. The van der Waals surface area contributed by atoms with Gasteiger partial charge in [-0.05, 0) is 25.1 Å². The molecule has 2 rings (SSSR count). The fraction of sp³-hybridized carbons (Fsp3) is 0.231. The number of rotatable bonds is 4. The van der Waals surface area contributed by atoms with Gasteiger partial charge in [-0.2, -0.15) is 0 Å². The first-order chi connectivity index (χ1) is 8.70. The summed E-state index contributed by atoms with van der Waals surface area (Å²) in [5.41, 5.74) is 3.38. The number of aryl methyl sites for hydroxylation is 1. The highest BCUT2D eigenvalue weighted by atomic mass is 16.5. The van der Waals surface area contributed by atoms with Crippen molar-refractivity contribution in [1.82, 2.24) is 9.97 Å². The number of hydrogen-bond donors (Lipinski definition) is 2. The topological polar surface area (TPSA) is 67.0 Å². The zero-order valence-electron chi connectivity index (χ0n) is 10.4. The molecular formula is C13H15N3O2. The number of nitrogens with one attached hydrogen (secondary N) is 2. The maximum absolute atomic E-state index is 11.4. The van der Waals surface area contributed by atoms with E-state index < -0.39 is 0 Å². The normalized spacial score (nSPS) is 10.1. The molecule has 0 bridgehead atoms. The van der Waals surface area contributed by atoms with E-state index in [-0.39, 0.29) is 5.97 Å². The van der Waals surface area contributed by atoms with E-state index in [2.05, 4.69) is 20.0 Å². The number of imidazole rings is 1. The Kier molecular flexibility index (Phi) is 3.62. The number of ether oxygens (including phenoxy) is 1. The molecule has 94 valence electrons. The predicted octanol–water partition coefficient (Wildman–Crippen LogP) is 2.12. The first kappa shape index (κ1) is 12.2. The van der Waals surface area contributed by atoms with E-state index in [1.807, 2.05) is 19.1 Å². The zero-order chi connectivity index (χ0) is 13.0. The number of esters is 1. The van der Waals surface area contributed by atoms with Crippen LogP contribution in [0.4, 0.5) is 5.69 Å².